The van der Waals surface area contributed by atoms with E-state index in [0.717, 1.165) is 37.0 Å². The van der Waals surface area contributed by atoms with E-state index >= 15 is 0 Å². The van der Waals surface area contributed by atoms with Crippen molar-refractivity contribution in [2.45, 2.75) is 38.6 Å². The van der Waals surface area contributed by atoms with Gasteiger partial charge in [-0.05, 0) is 43.5 Å². The van der Waals surface area contributed by atoms with Crippen molar-refractivity contribution in [3.05, 3.63) is 34.7 Å². The van der Waals surface area contributed by atoms with Crippen molar-refractivity contribution in [2.24, 2.45) is 0 Å². The second kappa shape index (κ2) is 8.68. The van der Waals surface area contributed by atoms with Crippen LogP contribution in [0.2, 0.25) is 0 Å². The number of hydrogen-bond acceptors (Lipinski definition) is 5. The molecule has 138 valence electrons. The van der Waals surface area contributed by atoms with Crippen LogP contribution in [-0.2, 0) is 9.59 Å². The molecule has 0 atom stereocenters. The van der Waals surface area contributed by atoms with E-state index in [1.807, 2.05) is 31.2 Å². The van der Waals surface area contributed by atoms with Crippen LogP contribution >= 0.6 is 24.0 Å². The Hall–Kier alpha value is -1.86. The van der Waals surface area contributed by atoms with Crippen molar-refractivity contribution in [1.82, 2.24) is 10.2 Å². The van der Waals surface area contributed by atoms with Crippen molar-refractivity contribution in [3.8, 4) is 5.75 Å². The van der Waals surface area contributed by atoms with E-state index in [4.69, 9.17) is 17.0 Å². The molecule has 1 aromatic carbocycles. The molecule has 1 heterocycles. The lowest BCUT2D eigenvalue weighted by Crippen LogP contribution is -2.42. The molecule has 2 fully saturated rings. The number of thiocarbonyl (C=S) groups is 1. The van der Waals surface area contributed by atoms with Gasteiger partial charge in [0.2, 0.25) is 5.91 Å². The zero-order valence-corrected chi connectivity index (χ0v) is 16.3. The normalized spacial score (nSPS) is 19.4. The average Bonchev–Trinajstić information content (AvgIpc) is 3.21. The van der Waals surface area contributed by atoms with Gasteiger partial charge in [-0.2, -0.15) is 0 Å². The first-order chi connectivity index (χ1) is 12.6. The largest absolute Gasteiger partial charge is 0.494 e. The zero-order chi connectivity index (χ0) is 18.5. The second-order valence-electron chi connectivity index (χ2n) is 6.32. The van der Waals surface area contributed by atoms with Crippen LogP contribution in [0.4, 0.5) is 0 Å². The van der Waals surface area contributed by atoms with Gasteiger partial charge in [0.05, 0.1) is 11.5 Å². The van der Waals surface area contributed by atoms with Crippen LogP contribution in [0, 0.1) is 0 Å². The van der Waals surface area contributed by atoms with Gasteiger partial charge < -0.3 is 10.1 Å². The number of nitrogens with one attached hydrogen (secondary N) is 1. The summed E-state index contributed by atoms with van der Waals surface area (Å²) in [6, 6.07) is 7.76. The van der Waals surface area contributed by atoms with Crippen LogP contribution in [0.1, 0.15) is 38.2 Å². The molecular formula is C19H22N2O3S2. The maximum Gasteiger partial charge on any atom is 0.266 e. The first-order valence-corrected chi connectivity index (χ1v) is 10.1. The Bertz CT molecular complexity index is 725. The molecule has 1 saturated heterocycles. The summed E-state index contributed by atoms with van der Waals surface area (Å²) >= 11 is 6.53. The van der Waals surface area contributed by atoms with Crippen LogP contribution in [0.25, 0.3) is 6.08 Å². The molecule has 1 aromatic rings. The quantitative estimate of drug-likeness (QED) is 0.596. The van der Waals surface area contributed by atoms with E-state index in [9.17, 15) is 9.59 Å². The van der Waals surface area contributed by atoms with Gasteiger partial charge in [0.15, 0.2) is 0 Å². The highest BCUT2D eigenvalue weighted by molar-refractivity contribution is 8.26. The fraction of sp³-hybridized carbons (Fsp3) is 0.421. The van der Waals surface area contributed by atoms with Crippen LogP contribution in [0.3, 0.4) is 0 Å². The van der Waals surface area contributed by atoms with Crippen molar-refractivity contribution in [1.29, 1.82) is 0 Å². The lowest BCUT2D eigenvalue weighted by atomic mass is 10.2. The molecule has 7 heteroatoms. The molecular weight excluding hydrogens is 368 g/mol. The fourth-order valence-electron chi connectivity index (χ4n) is 3.10. The first kappa shape index (κ1) is 18.9. The molecule has 1 aliphatic heterocycles. The SMILES string of the molecule is CCOc1ccc(/C=C2/SC(=S)N(CC(=O)NC3CCCC3)C2=O)cc1. The highest BCUT2D eigenvalue weighted by Gasteiger charge is 2.33. The number of nitrogens with zero attached hydrogens (tertiary/aromatic N) is 1. The summed E-state index contributed by atoms with van der Waals surface area (Å²) in [5.41, 5.74) is 0.893. The minimum atomic E-state index is -0.213. The summed E-state index contributed by atoms with van der Waals surface area (Å²) in [6.45, 7) is 2.53. The Morgan fingerprint density at radius 1 is 1.35 bits per heavy atom. The lowest BCUT2D eigenvalue weighted by molar-refractivity contribution is -0.129. The Morgan fingerprint density at radius 2 is 2.04 bits per heavy atom. The van der Waals surface area contributed by atoms with Crippen LogP contribution in [0.5, 0.6) is 5.75 Å². The number of carbonyl (C=O) groups is 2. The number of thioether (sulfide) groups is 1. The van der Waals surface area contributed by atoms with Gasteiger partial charge in [0.25, 0.3) is 5.91 Å². The van der Waals surface area contributed by atoms with E-state index in [2.05, 4.69) is 5.32 Å². The molecule has 26 heavy (non-hydrogen) atoms. The number of hydrogen-bond donors (Lipinski definition) is 1. The van der Waals surface area contributed by atoms with Gasteiger partial charge in [-0.15, -0.1) is 0 Å². The zero-order valence-electron chi connectivity index (χ0n) is 14.7. The monoisotopic (exact) mass is 390 g/mol. The van der Waals surface area contributed by atoms with E-state index in [1.165, 1.54) is 16.7 Å². The Labute approximate surface area is 163 Å². The van der Waals surface area contributed by atoms with Gasteiger partial charge >= 0.3 is 0 Å². The maximum absolute atomic E-state index is 12.6. The topological polar surface area (TPSA) is 58.6 Å². The van der Waals surface area contributed by atoms with Crippen molar-refractivity contribution in [3.63, 3.8) is 0 Å². The first-order valence-electron chi connectivity index (χ1n) is 8.84. The third-order valence-electron chi connectivity index (χ3n) is 4.38. The van der Waals surface area contributed by atoms with Gasteiger partial charge in [-0.25, -0.2) is 0 Å². The van der Waals surface area contributed by atoms with Crippen LogP contribution in [0.15, 0.2) is 29.2 Å². The summed E-state index contributed by atoms with van der Waals surface area (Å²) in [5, 5.41) is 2.99. The van der Waals surface area contributed by atoms with Crippen molar-refractivity contribution >= 4 is 46.2 Å². The molecule has 0 bridgehead atoms. The van der Waals surface area contributed by atoms with Crippen LogP contribution < -0.4 is 10.1 Å². The van der Waals surface area contributed by atoms with Gasteiger partial charge in [0, 0.05) is 6.04 Å². The fourth-order valence-corrected chi connectivity index (χ4v) is 4.36. The van der Waals surface area contributed by atoms with Gasteiger partial charge in [-0.1, -0.05) is 49.0 Å². The molecule has 5 nitrogen and oxygen atoms in total. The molecule has 2 aliphatic rings. The predicted octanol–water partition coefficient (Wildman–Crippen LogP) is 3.35. The third-order valence-corrected chi connectivity index (χ3v) is 5.76. The van der Waals surface area contributed by atoms with E-state index in [0.29, 0.717) is 15.8 Å². The third kappa shape index (κ3) is 4.65. The van der Waals surface area contributed by atoms with Gasteiger partial charge in [0.1, 0.15) is 16.6 Å². The second-order valence-corrected chi connectivity index (χ2v) is 7.99. The molecule has 0 aromatic heterocycles. The summed E-state index contributed by atoms with van der Waals surface area (Å²) in [4.78, 5) is 26.7. The Morgan fingerprint density at radius 3 is 2.69 bits per heavy atom. The van der Waals surface area contributed by atoms with E-state index in [1.54, 1.807) is 6.08 Å². The molecule has 0 spiro atoms. The van der Waals surface area contributed by atoms with E-state index < -0.39 is 0 Å². The number of rotatable bonds is 6. The summed E-state index contributed by atoms with van der Waals surface area (Å²) in [6.07, 6.45) is 6.13. The minimum absolute atomic E-state index is 0.0121. The number of carbonyl (C=O) groups excluding carboxylic acids is 2. The standard InChI is InChI=1S/C19H22N2O3S2/c1-2-24-15-9-7-13(8-10-15)11-16-18(23)21(19(25)26-16)12-17(22)20-14-5-3-4-6-14/h7-11,14H,2-6,12H2,1H3,(H,20,22)/b16-11+. The molecule has 1 N–H and O–H groups in total. The lowest BCUT2D eigenvalue weighted by Gasteiger charge is -2.17. The minimum Gasteiger partial charge on any atom is -0.494 e. The van der Waals surface area contributed by atoms with Crippen molar-refractivity contribution in [2.75, 3.05) is 13.2 Å². The molecule has 0 radical (unpaired) electrons. The van der Waals surface area contributed by atoms with Gasteiger partial charge in [-0.3, -0.25) is 14.5 Å². The van der Waals surface area contributed by atoms with Crippen LogP contribution in [-0.4, -0.2) is 40.2 Å². The molecule has 1 aliphatic carbocycles. The average molecular weight is 391 g/mol. The highest BCUT2D eigenvalue weighted by Crippen LogP contribution is 2.32. The maximum atomic E-state index is 12.6. The number of amides is 2. The number of benzene rings is 1. The van der Waals surface area contributed by atoms with E-state index in [-0.39, 0.29) is 24.4 Å². The molecule has 1 saturated carbocycles. The molecule has 0 unspecified atom stereocenters. The van der Waals surface area contributed by atoms with Crippen molar-refractivity contribution < 1.29 is 14.3 Å². The Kier molecular flexibility index (Phi) is 6.32. The predicted molar refractivity (Wildman–Crippen MR) is 108 cm³/mol. The number of ether oxygens (including phenoxy) is 1. The highest BCUT2D eigenvalue weighted by atomic mass is 32.2. The molecule has 2 amide bonds. The summed E-state index contributed by atoms with van der Waals surface area (Å²) < 4.78 is 5.84. The smallest absolute Gasteiger partial charge is 0.266 e. The molecule has 3 rings (SSSR count). The Balaban J connectivity index is 1.63. The summed E-state index contributed by atoms with van der Waals surface area (Å²) in [5.74, 6) is 0.437. The summed E-state index contributed by atoms with van der Waals surface area (Å²) in [7, 11) is 0.